The Bertz CT molecular complexity index is 749. The Labute approximate surface area is 173 Å². The van der Waals surface area contributed by atoms with Crippen LogP contribution in [0.3, 0.4) is 0 Å². The first-order valence-electron chi connectivity index (χ1n) is 9.71. The van der Waals surface area contributed by atoms with Gasteiger partial charge >= 0.3 is 0 Å². The van der Waals surface area contributed by atoms with E-state index in [-0.39, 0.29) is 35.2 Å². The number of hydrogen-bond acceptors (Lipinski definition) is 5. The van der Waals surface area contributed by atoms with Crippen LogP contribution in [0.25, 0.3) is 0 Å². The third-order valence-corrected chi connectivity index (χ3v) is 7.42. The van der Waals surface area contributed by atoms with E-state index in [1.54, 1.807) is 24.3 Å². The molecule has 2 aliphatic heterocycles. The predicted octanol–water partition coefficient (Wildman–Crippen LogP) is 1.86. The van der Waals surface area contributed by atoms with Crippen molar-refractivity contribution in [1.29, 1.82) is 0 Å². The fourth-order valence-electron chi connectivity index (χ4n) is 3.97. The van der Waals surface area contributed by atoms with Crippen LogP contribution in [0.15, 0.2) is 29.2 Å². The Kier molecular flexibility index (Phi) is 8.12. The van der Waals surface area contributed by atoms with Gasteiger partial charge in [0.1, 0.15) is 5.75 Å². The van der Waals surface area contributed by atoms with Crippen LogP contribution in [-0.2, 0) is 14.8 Å². The summed E-state index contributed by atoms with van der Waals surface area (Å²) in [5, 5.41) is 0. The first kappa shape index (κ1) is 22.9. The molecule has 0 spiro atoms. The molecule has 2 heterocycles. The Morgan fingerprint density at radius 1 is 1.14 bits per heavy atom. The predicted molar refractivity (Wildman–Crippen MR) is 110 cm³/mol. The van der Waals surface area contributed by atoms with E-state index >= 15 is 0 Å². The molecule has 0 bridgehead atoms. The van der Waals surface area contributed by atoms with Gasteiger partial charge in [-0.2, -0.15) is 4.31 Å². The van der Waals surface area contributed by atoms with Crippen molar-refractivity contribution in [2.24, 2.45) is 11.7 Å². The number of benzene rings is 1. The molecule has 158 valence electrons. The average Bonchev–Trinajstić information content (AvgIpc) is 3.17. The van der Waals surface area contributed by atoms with Crippen molar-refractivity contribution in [3.05, 3.63) is 24.3 Å². The first-order valence-corrected chi connectivity index (χ1v) is 11.1. The molecular formula is C19H30ClN3O4S. The van der Waals surface area contributed by atoms with E-state index in [2.05, 4.69) is 0 Å². The Morgan fingerprint density at radius 3 is 2.36 bits per heavy atom. The number of carbonyl (C=O) groups excluding carboxylic acids is 1. The molecule has 1 amide bonds. The maximum atomic E-state index is 12.9. The van der Waals surface area contributed by atoms with Crippen molar-refractivity contribution in [2.45, 2.75) is 43.5 Å². The number of rotatable bonds is 6. The number of halogens is 1. The smallest absolute Gasteiger partial charge is 0.243 e. The molecular weight excluding hydrogens is 402 g/mol. The number of ether oxygens (including phenoxy) is 1. The minimum absolute atomic E-state index is 0. The van der Waals surface area contributed by atoms with Gasteiger partial charge in [0, 0.05) is 38.1 Å². The minimum Gasteiger partial charge on any atom is -0.494 e. The first-order chi connectivity index (χ1) is 13.0. The highest BCUT2D eigenvalue weighted by molar-refractivity contribution is 7.89. The molecule has 28 heavy (non-hydrogen) atoms. The number of hydrogen-bond donors (Lipinski definition) is 1. The molecule has 1 aromatic rings. The number of nitrogens with two attached hydrogens (primary N) is 1. The number of carbonyl (C=O) groups is 1. The van der Waals surface area contributed by atoms with Crippen LogP contribution in [-0.4, -0.2) is 62.4 Å². The normalized spacial score (nSPS) is 21.4. The van der Waals surface area contributed by atoms with Gasteiger partial charge in [-0.1, -0.05) is 0 Å². The molecule has 0 aliphatic carbocycles. The summed E-state index contributed by atoms with van der Waals surface area (Å²) in [7, 11) is -3.54. The lowest BCUT2D eigenvalue weighted by atomic mass is 9.96. The van der Waals surface area contributed by atoms with Gasteiger partial charge in [0.15, 0.2) is 0 Å². The van der Waals surface area contributed by atoms with Gasteiger partial charge < -0.3 is 15.4 Å². The standard InChI is InChI=1S/C19H29N3O4S.ClH/c1-2-26-17-5-7-18(8-6-17)27(24,25)21-12-9-15(10-13-21)19(23)22-11-3-4-16(22)14-20;/h5-8,15-16H,2-4,9-14,20H2,1H3;1H. The molecule has 2 fully saturated rings. The number of sulfonamides is 1. The fourth-order valence-corrected chi connectivity index (χ4v) is 5.44. The molecule has 1 atom stereocenters. The van der Waals surface area contributed by atoms with Gasteiger partial charge in [0.25, 0.3) is 0 Å². The largest absolute Gasteiger partial charge is 0.494 e. The summed E-state index contributed by atoms with van der Waals surface area (Å²) < 4.78 is 32.6. The third kappa shape index (κ3) is 4.79. The molecule has 3 rings (SSSR count). The molecule has 9 heteroatoms. The van der Waals surface area contributed by atoms with E-state index in [0.29, 0.717) is 44.8 Å². The molecule has 2 saturated heterocycles. The molecule has 0 radical (unpaired) electrons. The SMILES string of the molecule is CCOc1ccc(S(=O)(=O)N2CCC(C(=O)N3CCCC3CN)CC2)cc1.Cl. The van der Waals surface area contributed by atoms with Crippen LogP contribution in [0.2, 0.25) is 0 Å². The molecule has 2 N–H and O–H groups in total. The second-order valence-electron chi connectivity index (χ2n) is 7.15. The summed E-state index contributed by atoms with van der Waals surface area (Å²) in [4.78, 5) is 15.0. The highest BCUT2D eigenvalue weighted by Gasteiger charge is 2.36. The van der Waals surface area contributed by atoms with Crippen molar-refractivity contribution in [3.8, 4) is 5.75 Å². The maximum absolute atomic E-state index is 12.9. The molecule has 0 aromatic heterocycles. The monoisotopic (exact) mass is 431 g/mol. The number of likely N-dealkylation sites (tertiary alicyclic amines) is 1. The van der Waals surface area contributed by atoms with Crippen LogP contribution < -0.4 is 10.5 Å². The van der Waals surface area contributed by atoms with Gasteiger partial charge in [-0.05, 0) is 56.9 Å². The summed E-state index contributed by atoms with van der Waals surface area (Å²) in [6.07, 6.45) is 3.08. The Morgan fingerprint density at radius 2 is 1.79 bits per heavy atom. The Hall–Kier alpha value is -1.35. The molecule has 2 aliphatic rings. The molecule has 0 saturated carbocycles. The zero-order chi connectivity index (χ0) is 19.4. The van der Waals surface area contributed by atoms with E-state index in [4.69, 9.17) is 10.5 Å². The van der Waals surface area contributed by atoms with Crippen LogP contribution in [0, 0.1) is 5.92 Å². The lowest BCUT2D eigenvalue weighted by molar-refractivity contribution is -0.137. The highest BCUT2D eigenvalue weighted by atomic mass is 35.5. The second kappa shape index (κ2) is 9.91. The highest BCUT2D eigenvalue weighted by Crippen LogP contribution is 2.28. The number of amides is 1. The van der Waals surface area contributed by atoms with Crippen molar-refractivity contribution < 1.29 is 17.9 Å². The Balaban J connectivity index is 0.00000280. The maximum Gasteiger partial charge on any atom is 0.243 e. The third-order valence-electron chi connectivity index (χ3n) is 5.51. The van der Waals surface area contributed by atoms with Crippen molar-refractivity contribution in [1.82, 2.24) is 9.21 Å². The minimum atomic E-state index is -3.54. The van der Waals surface area contributed by atoms with E-state index in [1.807, 2.05) is 11.8 Å². The lowest BCUT2D eigenvalue weighted by Crippen LogP contribution is -2.47. The zero-order valence-corrected chi connectivity index (χ0v) is 17.9. The molecule has 1 unspecified atom stereocenters. The molecule has 1 aromatic carbocycles. The summed E-state index contributed by atoms with van der Waals surface area (Å²) in [5.74, 6) is 0.686. The summed E-state index contributed by atoms with van der Waals surface area (Å²) >= 11 is 0. The van der Waals surface area contributed by atoms with Crippen LogP contribution >= 0.6 is 12.4 Å². The van der Waals surface area contributed by atoms with E-state index in [0.717, 1.165) is 19.4 Å². The van der Waals surface area contributed by atoms with Gasteiger partial charge in [-0.25, -0.2) is 8.42 Å². The van der Waals surface area contributed by atoms with E-state index in [1.165, 1.54) is 4.31 Å². The topological polar surface area (TPSA) is 92.9 Å². The summed E-state index contributed by atoms with van der Waals surface area (Å²) in [6, 6.07) is 6.64. The molecule has 7 nitrogen and oxygen atoms in total. The van der Waals surface area contributed by atoms with Crippen molar-refractivity contribution >= 4 is 28.3 Å². The van der Waals surface area contributed by atoms with Crippen LogP contribution in [0.1, 0.15) is 32.6 Å². The van der Waals surface area contributed by atoms with Crippen molar-refractivity contribution in [3.63, 3.8) is 0 Å². The second-order valence-corrected chi connectivity index (χ2v) is 9.08. The summed E-state index contributed by atoms with van der Waals surface area (Å²) in [6.45, 7) is 4.42. The summed E-state index contributed by atoms with van der Waals surface area (Å²) in [5.41, 5.74) is 5.77. The zero-order valence-electron chi connectivity index (χ0n) is 16.2. The number of piperidine rings is 1. The average molecular weight is 432 g/mol. The van der Waals surface area contributed by atoms with Gasteiger partial charge in [0.05, 0.1) is 11.5 Å². The quantitative estimate of drug-likeness (QED) is 0.742. The van der Waals surface area contributed by atoms with Crippen LogP contribution in [0.4, 0.5) is 0 Å². The van der Waals surface area contributed by atoms with Gasteiger partial charge in [-0.3, -0.25) is 4.79 Å². The van der Waals surface area contributed by atoms with E-state index < -0.39 is 10.0 Å². The fraction of sp³-hybridized carbons (Fsp3) is 0.632. The van der Waals surface area contributed by atoms with Crippen LogP contribution in [0.5, 0.6) is 5.75 Å². The van der Waals surface area contributed by atoms with Crippen molar-refractivity contribution in [2.75, 3.05) is 32.8 Å². The van der Waals surface area contributed by atoms with Gasteiger partial charge in [-0.15, -0.1) is 12.4 Å². The van der Waals surface area contributed by atoms with Gasteiger partial charge in [0.2, 0.25) is 15.9 Å². The number of nitrogens with zero attached hydrogens (tertiary/aromatic N) is 2. The van der Waals surface area contributed by atoms with E-state index in [9.17, 15) is 13.2 Å². The lowest BCUT2D eigenvalue weighted by Gasteiger charge is -2.34.